The number of hydrogen-bond donors (Lipinski definition) is 0. The highest BCUT2D eigenvalue weighted by molar-refractivity contribution is 5.70. The van der Waals surface area contributed by atoms with Gasteiger partial charge >= 0.3 is 0 Å². The zero-order valence-corrected chi connectivity index (χ0v) is 10.8. The Morgan fingerprint density at radius 1 is 1.06 bits per heavy atom. The van der Waals surface area contributed by atoms with Gasteiger partial charge in [-0.1, -0.05) is 51.1 Å². The Hall–Kier alpha value is -1.97. The van der Waals surface area contributed by atoms with E-state index < -0.39 is 0 Å². The van der Waals surface area contributed by atoms with Gasteiger partial charge in [-0.25, -0.2) is 4.68 Å². The van der Waals surface area contributed by atoms with E-state index in [1.165, 1.54) is 0 Å². The van der Waals surface area contributed by atoms with Crippen molar-refractivity contribution in [3.8, 4) is 5.69 Å². The average Bonchev–Trinajstić information content (AvgIpc) is 2.93. The Labute approximate surface area is 102 Å². The summed E-state index contributed by atoms with van der Waals surface area (Å²) in [7, 11) is 0. The van der Waals surface area contributed by atoms with Crippen LogP contribution in [0.1, 0.15) is 38.2 Å². The van der Waals surface area contributed by atoms with Crippen LogP contribution in [0.15, 0.2) is 36.5 Å². The first-order chi connectivity index (χ1) is 8.40. The van der Waals surface area contributed by atoms with Crippen molar-refractivity contribution in [1.82, 2.24) is 15.0 Å². The van der Waals surface area contributed by atoms with Crippen LogP contribution in [0.4, 0.5) is 0 Å². The molecule has 2 aromatic rings. The van der Waals surface area contributed by atoms with Crippen molar-refractivity contribution in [3.05, 3.63) is 42.2 Å². The third-order valence-corrected chi connectivity index (χ3v) is 1.65. The summed E-state index contributed by atoms with van der Waals surface area (Å²) in [4.78, 5) is 10.3. The number of aldehydes is 1. The van der Waals surface area contributed by atoms with Gasteiger partial charge in [0.15, 0.2) is 6.29 Å². The fourth-order valence-corrected chi connectivity index (χ4v) is 1.04. The molecule has 0 saturated heterocycles. The molecule has 1 aromatic carbocycles. The van der Waals surface area contributed by atoms with Crippen molar-refractivity contribution in [2.24, 2.45) is 0 Å². The lowest BCUT2D eigenvalue weighted by Crippen LogP contribution is -1.93. The van der Waals surface area contributed by atoms with Gasteiger partial charge in [-0.3, -0.25) is 4.79 Å². The first kappa shape index (κ1) is 15.0. The van der Waals surface area contributed by atoms with Gasteiger partial charge in [0.1, 0.15) is 5.69 Å². The van der Waals surface area contributed by atoms with E-state index in [4.69, 9.17) is 0 Å². The van der Waals surface area contributed by atoms with E-state index in [0.717, 1.165) is 5.69 Å². The number of hydrogen-bond acceptors (Lipinski definition) is 3. The monoisotopic (exact) mass is 233 g/mol. The summed E-state index contributed by atoms with van der Waals surface area (Å²) < 4.78 is 1.56. The molecule has 0 aliphatic carbocycles. The molecule has 0 aliphatic rings. The summed E-state index contributed by atoms with van der Waals surface area (Å²) in [5, 5.41) is 7.45. The standard InChI is InChI=1S/C9H7N3O.2C2H6/c13-7-8-6-12(11-10-8)9-4-2-1-3-5-9;2*1-2/h1-7H;2*1-2H3. The highest BCUT2D eigenvalue weighted by atomic mass is 16.1. The normalized spacial score (nSPS) is 8.24. The molecule has 2 rings (SSSR count). The number of rotatable bonds is 2. The summed E-state index contributed by atoms with van der Waals surface area (Å²) in [6.45, 7) is 8.00. The van der Waals surface area contributed by atoms with Crippen LogP contribution in [0.25, 0.3) is 5.69 Å². The van der Waals surface area contributed by atoms with Crippen LogP contribution in [-0.4, -0.2) is 21.3 Å². The Morgan fingerprint density at radius 2 is 1.65 bits per heavy atom. The minimum atomic E-state index is 0.337. The number of carbonyl (C=O) groups is 1. The maximum atomic E-state index is 10.3. The van der Waals surface area contributed by atoms with E-state index >= 15 is 0 Å². The maximum Gasteiger partial charge on any atom is 0.171 e. The van der Waals surface area contributed by atoms with E-state index in [1.807, 2.05) is 58.0 Å². The quantitative estimate of drug-likeness (QED) is 0.749. The lowest BCUT2D eigenvalue weighted by atomic mass is 10.3. The fourth-order valence-electron chi connectivity index (χ4n) is 1.04. The van der Waals surface area contributed by atoms with Crippen LogP contribution in [0.5, 0.6) is 0 Å². The number of aromatic nitrogens is 3. The van der Waals surface area contributed by atoms with E-state index in [9.17, 15) is 4.79 Å². The number of carbonyl (C=O) groups excluding carboxylic acids is 1. The molecule has 1 heterocycles. The molecule has 4 nitrogen and oxygen atoms in total. The molecule has 0 bridgehead atoms. The molecule has 0 N–H and O–H groups in total. The number of para-hydroxylation sites is 1. The molecule has 0 unspecified atom stereocenters. The molecule has 0 atom stereocenters. The largest absolute Gasteiger partial charge is 0.296 e. The molecule has 92 valence electrons. The van der Waals surface area contributed by atoms with Crippen molar-refractivity contribution in [2.75, 3.05) is 0 Å². The SMILES string of the molecule is CC.CC.O=Cc1cn(-c2ccccc2)nn1. The van der Waals surface area contributed by atoms with Gasteiger partial charge < -0.3 is 0 Å². The molecular weight excluding hydrogens is 214 g/mol. The highest BCUT2D eigenvalue weighted by Crippen LogP contribution is 2.04. The first-order valence-electron chi connectivity index (χ1n) is 5.83. The molecule has 17 heavy (non-hydrogen) atoms. The summed E-state index contributed by atoms with van der Waals surface area (Å²) in [6, 6.07) is 9.50. The minimum absolute atomic E-state index is 0.337. The first-order valence-corrected chi connectivity index (χ1v) is 5.83. The van der Waals surface area contributed by atoms with Crippen molar-refractivity contribution in [1.29, 1.82) is 0 Å². The summed E-state index contributed by atoms with van der Waals surface area (Å²) in [5.74, 6) is 0. The molecule has 0 amide bonds. The maximum absolute atomic E-state index is 10.3. The van der Waals surface area contributed by atoms with Crippen LogP contribution < -0.4 is 0 Å². The molecular formula is C13H19N3O. The Bertz CT molecular complexity index is 410. The number of benzene rings is 1. The lowest BCUT2D eigenvalue weighted by molar-refractivity contribution is 0.111. The van der Waals surface area contributed by atoms with Gasteiger partial charge in [0.25, 0.3) is 0 Å². The Kier molecular flexibility index (Phi) is 8.20. The average molecular weight is 233 g/mol. The van der Waals surface area contributed by atoms with Crippen LogP contribution in [0, 0.1) is 0 Å². The van der Waals surface area contributed by atoms with Gasteiger partial charge in [-0.2, -0.15) is 0 Å². The smallest absolute Gasteiger partial charge is 0.171 e. The Morgan fingerprint density at radius 3 is 2.12 bits per heavy atom. The molecule has 0 spiro atoms. The van der Waals surface area contributed by atoms with Crippen LogP contribution in [0.2, 0.25) is 0 Å². The lowest BCUT2D eigenvalue weighted by Gasteiger charge is -1.96. The van der Waals surface area contributed by atoms with Gasteiger partial charge in [-0.15, -0.1) is 5.10 Å². The third kappa shape index (κ3) is 4.59. The predicted octanol–water partition coefficient (Wildman–Crippen LogP) is 3.13. The molecule has 0 aliphatic heterocycles. The second-order valence-electron chi connectivity index (χ2n) is 2.54. The third-order valence-electron chi connectivity index (χ3n) is 1.65. The zero-order valence-electron chi connectivity index (χ0n) is 10.8. The zero-order chi connectivity index (χ0) is 13.1. The second kappa shape index (κ2) is 9.27. The van der Waals surface area contributed by atoms with Crippen molar-refractivity contribution >= 4 is 6.29 Å². The second-order valence-corrected chi connectivity index (χ2v) is 2.54. The fraction of sp³-hybridized carbons (Fsp3) is 0.308. The van der Waals surface area contributed by atoms with E-state index in [2.05, 4.69) is 10.3 Å². The highest BCUT2D eigenvalue weighted by Gasteiger charge is 1.99. The van der Waals surface area contributed by atoms with Crippen molar-refractivity contribution in [3.63, 3.8) is 0 Å². The van der Waals surface area contributed by atoms with E-state index in [1.54, 1.807) is 10.9 Å². The molecule has 0 saturated carbocycles. The molecule has 4 heteroatoms. The molecule has 0 fully saturated rings. The number of nitrogens with zero attached hydrogens (tertiary/aromatic N) is 3. The van der Waals surface area contributed by atoms with Crippen LogP contribution in [-0.2, 0) is 0 Å². The van der Waals surface area contributed by atoms with Crippen LogP contribution >= 0.6 is 0 Å². The summed E-state index contributed by atoms with van der Waals surface area (Å²) in [5.41, 5.74) is 1.23. The summed E-state index contributed by atoms with van der Waals surface area (Å²) in [6.07, 6.45) is 2.26. The van der Waals surface area contributed by atoms with Gasteiger partial charge in [0.2, 0.25) is 0 Å². The van der Waals surface area contributed by atoms with Gasteiger partial charge in [-0.05, 0) is 12.1 Å². The van der Waals surface area contributed by atoms with Crippen LogP contribution in [0.3, 0.4) is 0 Å². The molecule has 1 aromatic heterocycles. The Balaban J connectivity index is 0.000000581. The van der Waals surface area contributed by atoms with Crippen molar-refractivity contribution in [2.45, 2.75) is 27.7 Å². The topological polar surface area (TPSA) is 47.8 Å². The molecule has 0 radical (unpaired) electrons. The van der Waals surface area contributed by atoms with E-state index in [0.29, 0.717) is 12.0 Å². The predicted molar refractivity (Wildman–Crippen MR) is 69.4 cm³/mol. The van der Waals surface area contributed by atoms with E-state index in [-0.39, 0.29) is 0 Å². The van der Waals surface area contributed by atoms with Gasteiger partial charge in [0.05, 0.1) is 11.9 Å². The van der Waals surface area contributed by atoms with Gasteiger partial charge in [0, 0.05) is 0 Å². The summed E-state index contributed by atoms with van der Waals surface area (Å²) >= 11 is 0. The van der Waals surface area contributed by atoms with Crippen molar-refractivity contribution < 1.29 is 4.79 Å². The minimum Gasteiger partial charge on any atom is -0.296 e.